The van der Waals surface area contributed by atoms with Gasteiger partial charge in [-0.25, -0.2) is 4.98 Å². The molecule has 0 fully saturated rings. The first-order valence-electron chi connectivity index (χ1n) is 10.1. The van der Waals surface area contributed by atoms with Crippen LogP contribution in [0.3, 0.4) is 0 Å². The van der Waals surface area contributed by atoms with Crippen molar-refractivity contribution in [3.63, 3.8) is 0 Å². The van der Waals surface area contributed by atoms with E-state index < -0.39 is 0 Å². The van der Waals surface area contributed by atoms with Crippen LogP contribution in [-0.2, 0) is 0 Å². The average Bonchev–Trinajstić information content (AvgIpc) is 2.81. The molecule has 3 aromatic carbocycles. The summed E-state index contributed by atoms with van der Waals surface area (Å²) in [4.78, 5) is 24.7. The lowest BCUT2D eigenvalue weighted by Gasteiger charge is -2.10. The van der Waals surface area contributed by atoms with Crippen LogP contribution in [0.5, 0.6) is 0 Å². The molecule has 0 saturated heterocycles. The number of hydrogen-bond donors (Lipinski definition) is 2. The second kappa shape index (κ2) is 7.88. The molecule has 0 aliphatic carbocycles. The van der Waals surface area contributed by atoms with Crippen molar-refractivity contribution in [1.29, 1.82) is 0 Å². The predicted molar refractivity (Wildman–Crippen MR) is 125 cm³/mol. The van der Waals surface area contributed by atoms with Gasteiger partial charge in [0.25, 0.3) is 5.56 Å². The third-order valence-corrected chi connectivity index (χ3v) is 5.31. The van der Waals surface area contributed by atoms with Crippen molar-refractivity contribution in [3.8, 4) is 22.3 Å². The van der Waals surface area contributed by atoms with Gasteiger partial charge in [0.2, 0.25) is 5.95 Å². The van der Waals surface area contributed by atoms with Crippen LogP contribution in [0.1, 0.15) is 5.56 Å². The Balaban J connectivity index is 1.54. The lowest BCUT2D eigenvalue weighted by Crippen LogP contribution is -2.13. The van der Waals surface area contributed by atoms with Gasteiger partial charge in [-0.05, 0) is 46.9 Å². The number of nitrogens with zero attached hydrogens (tertiary/aromatic N) is 2. The summed E-state index contributed by atoms with van der Waals surface area (Å²) in [6, 6.07) is 28.1. The topological polar surface area (TPSA) is 70.7 Å². The van der Waals surface area contributed by atoms with E-state index in [1.54, 1.807) is 6.20 Å². The number of anilines is 2. The second-order valence-corrected chi connectivity index (χ2v) is 7.35. The molecule has 5 nitrogen and oxygen atoms in total. The summed E-state index contributed by atoms with van der Waals surface area (Å²) in [6.07, 6.45) is 1.69. The number of benzene rings is 3. The Hall–Kier alpha value is -4.25. The Morgan fingerprint density at radius 1 is 0.774 bits per heavy atom. The first-order valence-corrected chi connectivity index (χ1v) is 10.1. The number of pyridine rings is 1. The van der Waals surface area contributed by atoms with E-state index in [0.717, 1.165) is 33.5 Å². The summed E-state index contributed by atoms with van der Waals surface area (Å²) in [5.74, 6) is 0.371. The fraction of sp³-hybridized carbons (Fsp3) is 0.0385. The molecule has 0 amide bonds. The summed E-state index contributed by atoms with van der Waals surface area (Å²) in [5.41, 5.74) is 6.16. The molecule has 5 rings (SSSR count). The fourth-order valence-electron chi connectivity index (χ4n) is 3.68. The quantitative estimate of drug-likeness (QED) is 0.403. The molecule has 0 saturated carbocycles. The molecule has 5 heteroatoms. The Morgan fingerprint density at radius 3 is 2.23 bits per heavy atom. The molecule has 2 aromatic heterocycles. The van der Waals surface area contributed by atoms with Crippen LogP contribution in [0.15, 0.2) is 95.9 Å². The lowest BCUT2D eigenvalue weighted by molar-refractivity contribution is 1.14. The first kappa shape index (κ1) is 18.8. The van der Waals surface area contributed by atoms with Crippen molar-refractivity contribution in [3.05, 3.63) is 107 Å². The number of aromatic amines is 1. The van der Waals surface area contributed by atoms with E-state index in [-0.39, 0.29) is 5.56 Å². The van der Waals surface area contributed by atoms with Gasteiger partial charge in [0.1, 0.15) is 0 Å². The molecule has 31 heavy (non-hydrogen) atoms. The number of para-hydroxylation sites is 1. The van der Waals surface area contributed by atoms with E-state index in [1.165, 1.54) is 0 Å². The van der Waals surface area contributed by atoms with Crippen LogP contribution in [-0.4, -0.2) is 15.0 Å². The van der Waals surface area contributed by atoms with Gasteiger partial charge in [-0.2, -0.15) is 4.98 Å². The maximum Gasteiger partial charge on any atom is 0.262 e. The molecule has 0 spiro atoms. The highest BCUT2D eigenvalue weighted by atomic mass is 16.1. The molecule has 0 aliphatic heterocycles. The number of aromatic nitrogens is 3. The Labute approximate surface area is 179 Å². The van der Waals surface area contributed by atoms with E-state index in [2.05, 4.69) is 44.5 Å². The van der Waals surface area contributed by atoms with Crippen molar-refractivity contribution >= 4 is 22.7 Å². The van der Waals surface area contributed by atoms with Crippen molar-refractivity contribution in [2.24, 2.45) is 0 Å². The molecule has 0 unspecified atom stereocenters. The Bertz CT molecular complexity index is 1420. The highest BCUT2D eigenvalue weighted by Gasteiger charge is 2.12. The molecule has 5 aromatic rings. The second-order valence-electron chi connectivity index (χ2n) is 7.35. The van der Waals surface area contributed by atoms with Gasteiger partial charge >= 0.3 is 0 Å². The minimum atomic E-state index is -0.226. The molecule has 0 atom stereocenters. The zero-order valence-corrected chi connectivity index (χ0v) is 17.0. The highest BCUT2D eigenvalue weighted by Crippen LogP contribution is 2.28. The van der Waals surface area contributed by atoms with Crippen molar-refractivity contribution in [2.45, 2.75) is 6.92 Å². The third-order valence-electron chi connectivity index (χ3n) is 5.31. The van der Waals surface area contributed by atoms with Gasteiger partial charge < -0.3 is 5.32 Å². The summed E-state index contributed by atoms with van der Waals surface area (Å²) < 4.78 is 0. The highest BCUT2D eigenvalue weighted by molar-refractivity contribution is 5.92. The Kier molecular flexibility index (Phi) is 4.77. The van der Waals surface area contributed by atoms with Gasteiger partial charge in [-0.15, -0.1) is 0 Å². The average molecular weight is 404 g/mol. The molecule has 0 aliphatic rings. The monoisotopic (exact) mass is 404 g/mol. The maximum atomic E-state index is 13.0. The smallest absolute Gasteiger partial charge is 0.262 e. The van der Waals surface area contributed by atoms with Gasteiger partial charge in [0.05, 0.1) is 5.39 Å². The molecule has 2 N–H and O–H groups in total. The summed E-state index contributed by atoms with van der Waals surface area (Å²) in [6.45, 7) is 2.00. The lowest BCUT2D eigenvalue weighted by atomic mass is 9.99. The molecule has 0 bridgehead atoms. The summed E-state index contributed by atoms with van der Waals surface area (Å²) >= 11 is 0. The number of rotatable bonds is 4. The minimum absolute atomic E-state index is 0.226. The van der Waals surface area contributed by atoms with Crippen molar-refractivity contribution in [2.75, 3.05) is 5.32 Å². The van der Waals surface area contributed by atoms with Crippen LogP contribution >= 0.6 is 0 Å². The van der Waals surface area contributed by atoms with E-state index in [1.807, 2.05) is 67.6 Å². The Morgan fingerprint density at radius 2 is 1.45 bits per heavy atom. The van der Waals surface area contributed by atoms with E-state index in [0.29, 0.717) is 17.0 Å². The molecular weight excluding hydrogens is 384 g/mol. The fourth-order valence-corrected chi connectivity index (χ4v) is 3.68. The SMILES string of the molecule is Cc1ccccc1Nc1nc2nccc(-c3ccc(-c4ccccc4)cc3)c2c(=O)[nH]1. The zero-order chi connectivity index (χ0) is 21.2. The van der Waals surface area contributed by atoms with Gasteiger partial charge in [-0.3, -0.25) is 9.78 Å². The van der Waals surface area contributed by atoms with Crippen LogP contribution < -0.4 is 10.9 Å². The predicted octanol–water partition coefficient (Wildman–Crippen LogP) is 5.70. The van der Waals surface area contributed by atoms with Crippen LogP contribution in [0, 0.1) is 6.92 Å². The standard InChI is InChI=1S/C26H20N4O/c1-17-7-5-6-10-22(17)28-26-29-24-23(25(31)30-26)21(15-16-27-24)20-13-11-19(12-14-20)18-8-3-2-4-9-18/h2-16H,1H3,(H2,27,28,29,30,31). The summed E-state index contributed by atoms with van der Waals surface area (Å²) in [5, 5.41) is 3.66. The van der Waals surface area contributed by atoms with E-state index in [9.17, 15) is 4.79 Å². The zero-order valence-electron chi connectivity index (χ0n) is 17.0. The van der Waals surface area contributed by atoms with Gasteiger partial charge in [0.15, 0.2) is 5.65 Å². The summed E-state index contributed by atoms with van der Waals surface area (Å²) in [7, 11) is 0. The normalized spacial score (nSPS) is 10.9. The van der Waals surface area contributed by atoms with Crippen molar-refractivity contribution < 1.29 is 0 Å². The number of fused-ring (bicyclic) bond motifs is 1. The maximum absolute atomic E-state index is 13.0. The van der Waals surface area contributed by atoms with E-state index in [4.69, 9.17) is 0 Å². The number of aryl methyl sites for hydroxylation is 1. The van der Waals surface area contributed by atoms with E-state index >= 15 is 0 Å². The largest absolute Gasteiger partial charge is 0.325 e. The minimum Gasteiger partial charge on any atom is -0.325 e. The molecule has 150 valence electrons. The van der Waals surface area contributed by atoms with Crippen molar-refractivity contribution in [1.82, 2.24) is 15.0 Å². The number of H-pyrrole nitrogens is 1. The molecule has 0 radical (unpaired) electrons. The van der Waals surface area contributed by atoms with Crippen LogP contribution in [0.25, 0.3) is 33.3 Å². The van der Waals surface area contributed by atoms with Crippen LogP contribution in [0.4, 0.5) is 11.6 Å². The number of nitrogens with one attached hydrogen (secondary N) is 2. The number of hydrogen-bond acceptors (Lipinski definition) is 4. The molecule has 2 heterocycles. The van der Waals surface area contributed by atoms with Gasteiger partial charge in [-0.1, -0.05) is 72.8 Å². The molecular formula is C26H20N4O. The third kappa shape index (κ3) is 3.69. The van der Waals surface area contributed by atoms with Gasteiger partial charge in [0, 0.05) is 11.9 Å². The first-order chi connectivity index (χ1) is 15.2. The van der Waals surface area contributed by atoms with Crippen LogP contribution in [0.2, 0.25) is 0 Å².